The van der Waals surface area contributed by atoms with E-state index in [1.165, 1.54) is 31.5 Å². The summed E-state index contributed by atoms with van der Waals surface area (Å²) in [6.45, 7) is 4.90. The minimum atomic E-state index is 0.320. The lowest BCUT2D eigenvalue weighted by atomic mass is 10.0. The molecule has 1 heterocycles. The Morgan fingerprint density at radius 3 is 2.62 bits per heavy atom. The number of aliphatic hydroxyl groups excluding tert-OH is 1. The molecule has 0 aliphatic carbocycles. The number of rotatable bonds is 9. The van der Waals surface area contributed by atoms with Gasteiger partial charge in [0, 0.05) is 31.5 Å². The first-order valence-electron chi connectivity index (χ1n) is 8.07. The molecule has 1 aromatic carbocycles. The summed E-state index contributed by atoms with van der Waals surface area (Å²) in [4.78, 5) is 2.56. The second-order valence-corrected chi connectivity index (χ2v) is 6.90. The maximum Gasteiger partial charge on any atom is 0.0438 e. The molecular weight excluding hydrogens is 280 g/mol. The second kappa shape index (κ2) is 10.2. The molecule has 0 spiro atoms. The van der Waals surface area contributed by atoms with Gasteiger partial charge in [0.2, 0.25) is 0 Å². The number of piperidine rings is 1. The third-order valence-electron chi connectivity index (χ3n) is 3.96. The van der Waals surface area contributed by atoms with E-state index in [1.807, 2.05) is 11.8 Å². The number of hydrogen-bond donors (Lipinski definition) is 2. The van der Waals surface area contributed by atoms with Crippen LogP contribution in [0.15, 0.2) is 30.3 Å². The summed E-state index contributed by atoms with van der Waals surface area (Å²) < 4.78 is 0. The second-order valence-electron chi connectivity index (χ2n) is 5.68. The van der Waals surface area contributed by atoms with Gasteiger partial charge in [-0.15, -0.1) is 0 Å². The summed E-state index contributed by atoms with van der Waals surface area (Å²) in [5.41, 5.74) is 1.42. The summed E-state index contributed by atoms with van der Waals surface area (Å²) >= 11 is 1.94. The summed E-state index contributed by atoms with van der Waals surface area (Å²) in [5, 5.41) is 12.4. The maximum atomic E-state index is 8.72. The van der Waals surface area contributed by atoms with Crippen LogP contribution in [0.4, 0.5) is 0 Å². The number of nitrogens with one attached hydrogen (secondary N) is 1. The Bertz CT molecular complexity index is 366. The number of nitrogens with zero attached hydrogens (tertiary/aromatic N) is 1. The van der Waals surface area contributed by atoms with Crippen molar-refractivity contribution in [2.24, 2.45) is 0 Å². The van der Waals surface area contributed by atoms with Gasteiger partial charge >= 0.3 is 0 Å². The van der Waals surface area contributed by atoms with E-state index in [2.05, 4.69) is 40.5 Å². The van der Waals surface area contributed by atoms with Crippen molar-refractivity contribution in [2.75, 3.05) is 37.7 Å². The molecule has 0 saturated carbocycles. The summed E-state index contributed by atoms with van der Waals surface area (Å²) in [6.07, 6.45) is 3.44. The zero-order valence-electron chi connectivity index (χ0n) is 12.8. The molecule has 0 bridgehead atoms. The lowest BCUT2D eigenvalue weighted by molar-refractivity contribution is 0.192. The molecule has 3 nitrogen and oxygen atoms in total. The highest BCUT2D eigenvalue weighted by Gasteiger charge is 2.18. The van der Waals surface area contributed by atoms with E-state index in [0.717, 1.165) is 31.0 Å². The van der Waals surface area contributed by atoms with Crippen molar-refractivity contribution in [2.45, 2.75) is 31.8 Å². The van der Waals surface area contributed by atoms with Gasteiger partial charge in [0.1, 0.15) is 0 Å². The van der Waals surface area contributed by atoms with Crippen LogP contribution in [0.5, 0.6) is 0 Å². The van der Waals surface area contributed by atoms with Crippen molar-refractivity contribution in [3.05, 3.63) is 35.9 Å². The van der Waals surface area contributed by atoms with E-state index >= 15 is 0 Å². The predicted molar refractivity (Wildman–Crippen MR) is 91.8 cm³/mol. The van der Waals surface area contributed by atoms with E-state index in [4.69, 9.17) is 5.11 Å². The molecule has 1 saturated heterocycles. The van der Waals surface area contributed by atoms with Crippen LogP contribution in [0.2, 0.25) is 0 Å². The van der Waals surface area contributed by atoms with Gasteiger partial charge < -0.3 is 10.4 Å². The topological polar surface area (TPSA) is 35.5 Å². The summed E-state index contributed by atoms with van der Waals surface area (Å²) in [5.74, 6) is 2.23. The molecule has 21 heavy (non-hydrogen) atoms. The third-order valence-corrected chi connectivity index (χ3v) is 5.03. The Morgan fingerprint density at radius 2 is 1.90 bits per heavy atom. The number of hydrogen-bond acceptors (Lipinski definition) is 4. The van der Waals surface area contributed by atoms with Crippen LogP contribution >= 0.6 is 11.8 Å². The van der Waals surface area contributed by atoms with Gasteiger partial charge in [-0.05, 0) is 43.7 Å². The van der Waals surface area contributed by atoms with Gasteiger partial charge in [0.15, 0.2) is 0 Å². The van der Waals surface area contributed by atoms with Gasteiger partial charge in [-0.25, -0.2) is 0 Å². The van der Waals surface area contributed by atoms with E-state index in [0.29, 0.717) is 12.6 Å². The Kier molecular flexibility index (Phi) is 8.18. The average Bonchev–Trinajstić information content (AvgIpc) is 2.53. The van der Waals surface area contributed by atoms with E-state index < -0.39 is 0 Å². The molecule has 0 radical (unpaired) electrons. The molecule has 2 rings (SSSR count). The highest BCUT2D eigenvalue weighted by Crippen LogP contribution is 2.14. The standard InChI is InChI=1S/C17H28N2OS/c20-12-4-13-21-14-9-18-17-7-10-19(11-8-17)15-16-5-2-1-3-6-16/h1-3,5-6,17-18,20H,4,7-15H2. The minimum absolute atomic E-state index is 0.320. The first kappa shape index (κ1) is 16.8. The fourth-order valence-corrected chi connectivity index (χ4v) is 3.54. The Labute approximate surface area is 133 Å². The smallest absolute Gasteiger partial charge is 0.0438 e. The summed E-state index contributed by atoms with van der Waals surface area (Å²) in [6, 6.07) is 11.5. The van der Waals surface area contributed by atoms with Crippen LogP contribution in [0.25, 0.3) is 0 Å². The van der Waals surface area contributed by atoms with Gasteiger partial charge in [-0.2, -0.15) is 11.8 Å². The normalized spacial score (nSPS) is 17.2. The molecule has 1 aliphatic heterocycles. The van der Waals surface area contributed by atoms with E-state index in [-0.39, 0.29) is 0 Å². The van der Waals surface area contributed by atoms with Crippen molar-refractivity contribution in [3.8, 4) is 0 Å². The largest absolute Gasteiger partial charge is 0.396 e. The molecule has 118 valence electrons. The molecule has 0 atom stereocenters. The van der Waals surface area contributed by atoms with Crippen LogP contribution in [0.3, 0.4) is 0 Å². The van der Waals surface area contributed by atoms with Gasteiger partial charge in [-0.3, -0.25) is 4.90 Å². The zero-order chi connectivity index (χ0) is 14.8. The number of thioether (sulfide) groups is 1. The number of likely N-dealkylation sites (tertiary alicyclic amines) is 1. The summed E-state index contributed by atoms with van der Waals surface area (Å²) in [7, 11) is 0. The molecule has 1 fully saturated rings. The average molecular weight is 308 g/mol. The molecule has 1 aliphatic rings. The molecule has 4 heteroatoms. The fraction of sp³-hybridized carbons (Fsp3) is 0.647. The van der Waals surface area contributed by atoms with Crippen LogP contribution in [0.1, 0.15) is 24.8 Å². The molecule has 0 unspecified atom stereocenters. The Balaban J connectivity index is 1.54. The van der Waals surface area contributed by atoms with Gasteiger partial charge in [0.05, 0.1) is 0 Å². The lowest BCUT2D eigenvalue weighted by Crippen LogP contribution is -2.42. The first-order chi connectivity index (χ1) is 10.4. The van der Waals surface area contributed by atoms with Gasteiger partial charge in [-0.1, -0.05) is 30.3 Å². The highest BCUT2D eigenvalue weighted by molar-refractivity contribution is 7.99. The minimum Gasteiger partial charge on any atom is -0.396 e. The highest BCUT2D eigenvalue weighted by atomic mass is 32.2. The first-order valence-corrected chi connectivity index (χ1v) is 9.22. The van der Waals surface area contributed by atoms with Gasteiger partial charge in [0.25, 0.3) is 0 Å². The van der Waals surface area contributed by atoms with E-state index in [9.17, 15) is 0 Å². The zero-order valence-corrected chi connectivity index (χ0v) is 13.7. The Morgan fingerprint density at radius 1 is 1.14 bits per heavy atom. The fourth-order valence-electron chi connectivity index (χ4n) is 2.74. The van der Waals surface area contributed by atoms with Crippen molar-refractivity contribution in [1.82, 2.24) is 10.2 Å². The third kappa shape index (κ3) is 6.83. The van der Waals surface area contributed by atoms with Crippen molar-refractivity contribution < 1.29 is 5.11 Å². The number of benzene rings is 1. The SMILES string of the molecule is OCCCSCCNC1CCN(Cc2ccccc2)CC1. The predicted octanol–water partition coefficient (Wildman–Crippen LogP) is 2.36. The lowest BCUT2D eigenvalue weighted by Gasteiger charge is -2.32. The quantitative estimate of drug-likeness (QED) is 0.687. The van der Waals surface area contributed by atoms with Crippen molar-refractivity contribution in [1.29, 1.82) is 0 Å². The molecule has 0 amide bonds. The molecule has 0 aromatic heterocycles. The monoisotopic (exact) mass is 308 g/mol. The number of aliphatic hydroxyl groups is 1. The van der Waals surface area contributed by atoms with Crippen molar-refractivity contribution in [3.63, 3.8) is 0 Å². The molecule has 2 N–H and O–H groups in total. The maximum absolute atomic E-state index is 8.72. The Hall–Kier alpha value is -0.550. The van der Waals surface area contributed by atoms with E-state index in [1.54, 1.807) is 0 Å². The molecular formula is C17H28N2OS. The van der Waals surface area contributed by atoms with Crippen LogP contribution < -0.4 is 5.32 Å². The molecule has 1 aromatic rings. The van der Waals surface area contributed by atoms with Crippen molar-refractivity contribution >= 4 is 11.8 Å². The van der Waals surface area contributed by atoms with Crippen LogP contribution in [-0.2, 0) is 6.54 Å². The van der Waals surface area contributed by atoms with Crippen LogP contribution in [-0.4, -0.2) is 53.8 Å². The van der Waals surface area contributed by atoms with Crippen LogP contribution in [0, 0.1) is 0 Å².